The van der Waals surface area contributed by atoms with Crippen LogP contribution in [-0.2, 0) is 16.1 Å². The van der Waals surface area contributed by atoms with Crippen LogP contribution in [0.5, 0.6) is 11.5 Å². The molecule has 0 saturated heterocycles. The Kier molecular flexibility index (Phi) is 5.74. The van der Waals surface area contributed by atoms with Crippen molar-refractivity contribution in [1.82, 2.24) is 0 Å². The molecule has 0 atom stereocenters. The lowest BCUT2D eigenvalue weighted by Gasteiger charge is -2.06. The van der Waals surface area contributed by atoms with Crippen molar-refractivity contribution in [2.75, 3.05) is 14.2 Å². The van der Waals surface area contributed by atoms with E-state index < -0.39 is 5.97 Å². The standard InChI is InChI=1S/C18H17FO4/c1-21-16-9-13(10-17(11-16)22-2)6-7-18(20)23-12-14-4-3-5-15(19)8-14/h3-11H,12H2,1-2H3/b7-6+. The normalized spacial score (nSPS) is 10.6. The molecular formula is C18H17FO4. The number of carbonyl (C=O) groups is 1. The molecule has 0 N–H and O–H groups in total. The van der Waals surface area contributed by atoms with Crippen LogP contribution in [0.15, 0.2) is 48.5 Å². The van der Waals surface area contributed by atoms with Crippen molar-refractivity contribution >= 4 is 12.0 Å². The van der Waals surface area contributed by atoms with Crippen LogP contribution in [0.3, 0.4) is 0 Å². The summed E-state index contributed by atoms with van der Waals surface area (Å²) in [4.78, 5) is 11.7. The molecule has 0 heterocycles. The molecule has 23 heavy (non-hydrogen) atoms. The first-order chi connectivity index (χ1) is 11.1. The minimum Gasteiger partial charge on any atom is -0.497 e. The minimum atomic E-state index is -0.518. The lowest BCUT2D eigenvalue weighted by atomic mass is 10.2. The van der Waals surface area contributed by atoms with E-state index in [9.17, 15) is 9.18 Å². The number of benzene rings is 2. The predicted octanol–water partition coefficient (Wildman–Crippen LogP) is 3.60. The Bertz CT molecular complexity index is 688. The molecule has 0 amide bonds. The monoisotopic (exact) mass is 316 g/mol. The summed E-state index contributed by atoms with van der Waals surface area (Å²) in [5, 5.41) is 0. The Morgan fingerprint density at radius 3 is 2.39 bits per heavy atom. The van der Waals surface area contributed by atoms with E-state index in [-0.39, 0.29) is 12.4 Å². The van der Waals surface area contributed by atoms with Gasteiger partial charge in [0.05, 0.1) is 14.2 Å². The maximum atomic E-state index is 13.0. The predicted molar refractivity (Wildman–Crippen MR) is 84.8 cm³/mol. The number of ether oxygens (including phenoxy) is 3. The molecule has 0 spiro atoms. The van der Waals surface area contributed by atoms with Crippen molar-refractivity contribution in [3.8, 4) is 11.5 Å². The van der Waals surface area contributed by atoms with Gasteiger partial charge in [-0.2, -0.15) is 0 Å². The first-order valence-electron chi connectivity index (χ1n) is 6.93. The summed E-state index contributed by atoms with van der Waals surface area (Å²) in [6.45, 7) is 0.0162. The zero-order chi connectivity index (χ0) is 16.7. The largest absolute Gasteiger partial charge is 0.497 e. The van der Waals surface area contributed by atoms with Crippen LogP contribution < -0.4 is 9.47 Å². The molecule has 0 unspecified atom stereocenters. The van der Waals surface area contributed by atoms with Crippen LogP contribution in [0.1, 0.15) is 11.1 Å². The van der Waals surface area contributed by atoms with Crippen LogP contribution in [0.25, 0.3) is 6.08 Å². The number of hydrogen-bond donors (Lipinski definition) is 0. The highest BCUT2D eigenvalue weighted by Gasteiger charge is 2.02. The van der Waals surface area contributed by atoms with Crippen LogP contribution in [-0.4, -0.2) is 20.2 Å². The van der Waals surface area contributed by atoms with E-state index in [1.165, 1.54) is 18.2 Å². The molecule has 0 aromatic heterocycles. The van der Waals surface area contributed by atoms with Gasteiger partial charge in [-0.15, -0.1) is 0 Å². The van der Waals surface area contributed by atoms with Crippen LogP contribution in [0, 0.1) is 5.82 Å². The van der Waals surface area contributed by atoms with Gasteiger partial charge in [-0.25, -0.2) is 9.18 Å². The zero-order valence-corrected chi connectivity index (χ0v) is 12.9. The van der Waals surface area contributed by atoms with Crippen molar-refractivity contribution in [2.45, 2.75) is 6.61 Å². The van der Waals surface area contributed by atoms with Gasteiger partial charge in [0.25, 0.3) is 0 Å². The Morgan fingerprint density at radius 1 is 1.09 bits per heavy atom. The minimum absolute atomic E-state index is 0.0162. The van der Waals surface area contributed by atoms with Crippen molar-refractivity contribution in [1.29, 1.82) is 0 Å². The highest BCUT2D eigenvalue weighted by atomic mass is 19.1. The van der Waals surface area contributed by atoms with Gasteiger partial charge < -0.3 is 14.2 Å². The maximum Gasteiger partial charge on any atom is 0.331 e. The van der Waals surface area contributed by atoms with Gasteiger partial charge in [0.2, 0.25) is 0 Å². The molecule has 2 aromatic rings. The summed E-state index contributed by atoms with van der Waals surface area (Å²) >= 11 is 0. The van der Waals surface area contributed by atoms with Gasteiger partial charge in [0.1, 0.15) is 23.9 Å². The first-order valence-corrected chi connectivity index (χ1v) is 6.93. The Hall–Kier alpha value is -2.82. The summed E-state index contributed by atoms with van der Waals surface area (Å²) in [6.07, 6.45) is 2.90. The van der Waals surface area contributed by atoms with Gasteiger partial charge in [-0.1, -0.05) is 12.1 Å². The lowest BCUT2D eigenvalue weighted by Crippen LogP contribution is -2.01. The molecule has 0 fully saturated rings. The number of hydrogen-bond acceptors (Lipinski definition) is 4. The average molecular weight is 316 g/mol. The smallest absolute Gasteiger partial charge is 0.331 e. The third kappa shape index (κ3) is 5.14. The molecule has 0 bridgehead atoms. The highest BCUT2D eigenvalue weighted by Crippen LogP contribution is 2.23. The maximum absolute atomic E-state index is 13.0. The number of rotatable bonds is 6. The van der Waals surface area contributed by atoms with Crippen LogP contribution in [0.2, 0.25) is 0 Å². The van der Waals surface area contributed by atoms with Crippen LogP contribution in [0.4, 0.5) is 4.39 Å². The summed E-state index contributed by atoms with van der Waals surface area (Å²) in [6, 6.07) is 11.2. The summed E-state index contributed by atoms with van der Waals surface area (Å²) in [5.41, 5.74) is 1.33. The molecule has 0 saturated carbocycles. The molecule has 120 valence electrons. The topological polar surface area (TPSA) is 44.8 Å². The third-order valence-electron chi connectivity index (χ3n) is 3.06. The second-order valence-corrected chi connectivity index (χ2v) is 4.72. The number of carbonyl (C=O) groups excluding carboxylic acids is 1. The fourth-order valence-corrected chi connectivity index (χ4v) is 1.92. The van der Waals surface area contributed by atoms with Gasteiger partial charge in [-0.05, 0) is 41.5 Å². The van der Waals surface area contributed by atoms with Gasteiger partial charge in [0, 0.05) is 12.1 Å². The van der Waals surface area contributed by atoms with Crippen molar-refractivity contribution < 1.29 is 23.4 Å². The Morgan fingerprint density at radius 2 is 1.78 bits per heavy atom. The Balaban J connectivity index is 1.98. The molecule has 2 aromatic carbocycles. The van der Waals surface area contributed by atoms with E-state index in [0.717, 1.165) is 5.56 Å². The second-order valence-electron chi connectivity index (χ2n) is 4.72. The molecular weight excluding hydrogens is 299 g/mol. The molecule has 0 aliphatic carbocycles. The van der Waals surface area contributed by atoms with E-state index >= 15 is 0 Å². The van der Waals surface area contributed by atoms with Gasteiger partial charge >= 0.3 is 5.97 Å². The number of esters is 1. The van der Waals surface area contributed by atoms with E-state index in [2.05, 4.69) is 0 Å². The van der Waals surface area contributed by atoms with Crippen molar-refractivity contribution in [2.24, 2.45) is 0 Å². The average Bonchev–Trinajstić information content (AvgIpc) is 2.57. The third-order valence-corrected chi connectivity index (χ3v) is 3.06. The SMILES string of the molecule is COc1cc(/C=C/C(=O)OCc2cccc(F)c2)cc(OC)c1. The molecule has 2 rings (SSSR count). The van der Waals surface area contributed by atoms with E-state index in [1.807, 2.05) is 0 Å². The molecule has 0 radical (unpaired) electrons. The summed E-state index contributed by atoms with van der Waals surface area (Å²) in [7, 11) is 3.10. The van der Waals surface area contributed by atoms with Crippen LogP contribution >= 0.6 is 0 Å². The van der Waals surface area contributed by atoms with Gasteiger partial charge in [-0.3, -0.25) is 0 Å². The summed E-state index contributed by atoms with van der Waals surface area (Å²) in [5.74, 6) is 0.364. The number of halogens is 1. The second kappa shape index (κ2) is 7.98. The van der Waals surface area contributed by atoms with E-state index in [0.29, 0.717) is 17.1 Å². The zero-order valence-electron chi connectivity index (χ0n) is 12.9. The lowest BCUT2D eigenvalue weighted by molar-refractivity contribution is -0.138. The van der Waals surface area contributed by atoms with E-state index in [4.69, 9.17) is 14.2 Å². The molecule has 4 nitrogen and oxygen atoms in total. The van der Waals surface area contributed by atoms with E-state index in [1.54, 1.807) is 50.6 Å². The highest BCUT2D eigenvalue weighted by molar-refractivity contribution is 5.87. The summed E-state index contributed by atoms with van der Waals surface area (Å²) < 4.78 is 28.4. The quantitative estimate of drug-likeness (QED) is 0.603. The van der Waals surface area contributed by atoms with Crippen molar-refractivity contribution in [3.63, 3.8) is 0 Å². The molecule has 5 heteroatoms. The van der Waals surface area contributed by atoms with Gasteiger partial charge in [0.15, 0.2) is 0 Å². The molecule has 0 aliphatic heterocycles. The first kappa shape index (κ1) is 16.5. The Labute approximate surface area is 134 Å². The van der Waals surface area contributed by atoms with Crippen molar-refractivity contribution in [3.05, 3.63) is 65.5 Å². The fourth-order valence-electron chi connectivity index (χ4n) is 1.92. The number of methoxy groups -OCH3 is 2. The molecule has 0 aliphatic rings. The fraction of sp³-hybridized carbons (Fsp3) is 0.167.